The number of hydrogen-bond donors (Lipinski definition) is 2. The predicted octanol–water partition coefficient (Wildman–Crippen LogP) is 4.15. The molecular weight excluding hydrogens is 364 g/mol. The molecule has 2 aromatic carbocycles. The van der Waals surface area contributed by atoms with Crippen LogP contribution in [0.25, 0.3) is 0 Å². The molecular formula is C24H30N2O3. The van der Waals surface area contributed by atoms with E-state index in [1.54, 1.807) is 0 Å². The first-order valence-electron chi connectivity index (χ1n) is 10.4. The Morgan fingerprint density at radius 2 is 1.79 bits per heavy atom. The molecule has 0 unspecified atom stereocenters. The van der Waals surface area contributed by atoms with E-state index in [0.29, 0.717) is 31.8 Å². The lowest BCUT2D eigenvalue weighted by Gasteiger charge is -2.26. The highest BCUT2D eigenvalue weighted by Crippen LogP contribution is 2.27. The number of nitrogens with one attached hydrogen (secondary N) is 2. The van der Waals surface area contributed by atoms with Crippen molar-refractivity contribution >= 4 is 17.6 Å². The van der Waals surface area contributed by atoms with Crippen LogP contribution in [0.2, 0.25) is 0 Å². The second-order valence-electron chi connectivity index (χ2n) is 7.75. The highest BCUT2D eigenvalue weighted by molar-refractivity contribution is 5.93. The zero-order valence-corrected chi connectivity index (χ0v) is 17.0. The molecule has 1 fully saturated rings. The minimum atomic E-state index is -0.219. The molecule has 0 aliphatic carbocycles. The topological polar surface area (TPSA) is 67.4 Å². The Kier molecular flexibility index (Phi) is 7.82. The average molecular weight is 395 g/mol. The second kappa shape index (κ2) is 10.8. The number of esters is 1. The summed E-state index contributed by atoms with van der Waals surface area (Å²) in [7, 11) is 0. The fraction of sp³-hybridized carbons (Fsp3) is 0.417. The molecule has 0 bridgehead atoms. The molecule has 1 saturated heterocycles. The van der Waals surface area contributed by atoms with Gasteiger partial charge in [0.1, 0.15) is 6.61 Å². The maximum absolute atomic E-state index is 13.0. The van der Waals surface area contributed by atoms with Crippen LogP contribution in [0.3, 0.4) is 0 Å². The molecule has 1 aliphatic rings. The molecule has 3 rings (SSSR count). The first kappa shape index (κ1) is 21.1. The summed E-state index contributed by atoms with van der Waals surface area (Å²) in [6, 6.07) is 19.3. The third-order valence-corrected chi connectivity index (χ3v) is 5.54. The molecule has 1 heterocycles. The average Bonchev–Trinajstić information content (AvgIpc) is 3.16. The van der Waals surface area contributed by atoms with E-state index in [9.17, 15) is 9.59 Å². The van der Waals surface area contributed by atoms with Crippen LogP contribution < -0.4 is 10.6 Å². The zero-order valence-electron chi connectivity index (χ0n) is 17.0. The van der Waals surface area contributed by atoms with Crippen LogP contribution in [0.1, 0.15) is 38.2 Å². The van der Waals surface area contributed by atoms with E-state index in [2.05, 4.69) is 17.6 Å². The number of benzene rings is 2. The first-order valence-corrected chi connectivity index (χ1v) is 10.4. The highest BCUT2D eigenvalue weighted by Gasteiger charge is 2.34. The van der Waals surface area contributed by atoms with Crippen LogP contribution in [0.4, 0.5) is 5.69 Å². The van der Waals surface area contributed by atoms with Crippen LogP contribution in [0.15, 0.2) is 60.7 Å². The van der Waals surface area contributed by atoms with Gasteiger partial charge in [-0.25, -0.2) is 0 Å². The van der Waals surface area contributed by atoms with Gasteiger partial charge in [-0.2, -0.15) is 0 Å². The molecule has 3 atom stereocenters. The van der Waals surface area contributed by atoms with Crippen molar-refractivity contribution in [2.45, 2.75) is 45.3 Å². The van der Waals surface area contributed by atoms with Crippen LogP contribution in [0, 0.1) is 11.8 Å². The summed E-state index contributed by atoms with van der Waals surface area (Å²) in [6.45, 7) is 3.40. The minimum absolute atomic E-state index is 0.0140. The van der Waals surface area contributed by atoms with Crippen LogP contribution in [0.5, 0.6) is 0 Å². The van der Waals surface area contributed by atoms with Gasteiger partial charge in [0.25, 0.3) is 0 Å². The zero-order chi connectivity index (χ0) is 20.5. The summed E-state index contributed by atoms with van der Waals surface area (Å²) in [6.07, 6.45) is 2.68. The highest BCUT2D eigenvalue weighted by atomic mass is 16.5. The fourth-order valence-electron chi connectivity index (χ4n) is 3.90. The lowest BCUT2D eigenvalue weighted by Crippen LogP contribution is -2.41. The van der Waals surface area contributed by atoms with Gasteiger partial charge in [0, 0.05) is 18.2 Å². The molecule has 2 N–H and O–H groups in total. The Bertz CT molecular complexity index is 779. The maximum atomic E-state index is 13.0. The third-order valence-electron chi connectivity index (χ3n) is 5.54. The standard InChI is InChI=1S/C24H30N2O3/c1-18-15-16-25-23(18)21(24(28)26-20-11-6-3-7-12-20)13-8-14-22(27)29-17-19-9-4-2-5-10-19/h2-7,9-12,18,21,23,25H,8,13-17H2,1H3,(H,26,28)/t18-,21+,23+/m1/s1. The molecule has 29 heavy (non-hydrogen) atoms. The summed E-state index contributed by atoms with van der Waals surface area (Å²) in [5, 5.41) is 6.51. The molecule has 0 saturated carbocycles. The van der Waals surface area contributed by atoms with E-state index in [1.807, 2.05) is 60.7 Å². The predicted molar refractivity (Wildman–Crippen MR) is 114 cm³/mol. The number of hydrogen-bond acceptors (Lipinski definition) is 4. The molecule has 1 aliphatic heterocycles. The Labute approximate surface area is 172 Å². The second-order valence-corrected chi connectivity index (χ2v) is 7.75. The van der Waals surface area contributed by atoms with Gasteiger partial charge in [-0.3, -0.25) is 9.59 Å². The van der Waals surface area contributed by atoms with Crippen LogP contribution in [-0.4, -0.2) is 24.5 Å². The number of carbonyl (C=O) groups is 2. The van der Waals surface area contributed by atoms with Gasteiger partial charge in [-0.1, -0.05) is 55.5 Å². The molecule has 1 amide bonds. The van der Waals surface area contributed by atoms with Gasteiger partial charge >= 0.3 is 5.97 Å². The molecule has 5 heteroatoms. The van der Waals surface area contributed by atoms with E-state index in [4.69, 9.17) is 4.74 Å². The molecule has 0 spiro atoms. The van der Waals surface area contributed by atoms with Gasteiger partial charge in [0.05, 0.1) is 5.92 Å². The Balaban J connectivity index is 1.51. The van der Waals surface area contributed by atoms with Crippen LogP contribution in [-0.2, 0) is 20.9 Å². The lowest BCUT2D eigenvalue weighted by atomic mass is 9.86. The van der Waals surface area contributed by atoms with Crippen molar-refractivity contribution in [1.82, 2.24) is 5.32 Å². The number of ether oxygens (including phenoxy) is 1. The largest absolute Gasteiger partial charge is 0.461 e. The van der Waals surface area contributed by atoms with Crippen molar-refractivity contribution in [3.05, 3.63) is 66.2 Å². The van der Waals surface area contributed by atoms with Gasteiger partial charge < -0.3 is 15.4 Å². The summed E-state index contributed by atoms with van der Waals surface area (Å²) in [5.41, 5.74) is 1.78. The molecule has 154 valence electrons. The van der Waals surface area contributed by atoms with Crippen LogP contribution >= 0.6 is 0 Å². The molecule has 2 aromatic rings. The van der Waals surface area contributed by atoms with Gasteiger partial charge in [-0.05, 0) is 49.4 Å². The fourth-order valence-corrected chi connectivity index (χ4v) is 3.90. The summed E-state index contributed by atoms with van der Waals surface area (Å²) in [5.74, 6) is 0.0600. The number of para-hydroxylation sites is 1. The van der Waals surface area contributed by atoms with Crippen molar-refractivity contribution in [3.63, 3.8) is 0 Å². The van der Waals surface area contributed by atoms with Gasteiger partial charge in [0.15, 0.2) is 0 Å². The summed E-state index contributed by atoms with van der Waals surface area (Å²) < 4.78 is 5.36. The number of carbonyl (C=O) groups excluding carboxylic acids is 2. The maximum Gasteiger partial charge on any atom is 0.306 e. The number of rotatable bonds is 9. The molecule has 5 nitrogen and oxygen atoms in total. The van der Waals surface area contributed by atoms with Crippen molar-refractivity contribution in [2.24, 2.45) is 11.8 Å². The molecule has 0 aromatic heterocycles. The van der Waals surface area contributed by atoms with Gasteiger partial charge in [-0.15, -0.1) is 0 Å². The first-order chi connectivity index (χ1) is 14.1. The van der Waals surface area contributed by atoms with Crippen molar-refractivity contribution < 1.29 is 14.3 Å². The Morgan fingerprint density at radius 3 is 2.45 bits per heavy atom. The van der Waals surface area contributed by atoms with E-state index in [-0.39, 0.29) is 23.8 Å². The van der Waals surface area contributed by atoms with E-state index < -0.39 is 0 Å². The smallest absolute Gasteiger partial charge is 0.306 e. The van der Waals surface area contributed by atoms with Crippen molar-refractivity contribution in [3.8, 4) is 0 Å². The Morgan fingerprint density at radius 1 is 1.10 bits per heavy atom. The monoisotopic (exact) mass is 394 g/mol. The third kappa shape index (κ3) is 6.43. The molecule has 0 radical (unpaired) electrons. The summed E-state index contributed by atoms with van der Waals surface area (Å²) in [4.78, 5) is 25.1. The SMILES string of the molecule is C[C@@H]1CCN[C@@H]1[C@H](CCCC(=O)OCc1ccccc1)C(=O)Nc1ccccc1. The number of amides is 1. The number of anilines is 1. The van der Waals surface area contributed by atoms with Crippen molar-refractivity contribution in [2.75, 3.05) is 11.9 Å². The Hall–Kier alpha value is -2.66. The van der Waals surface area contributed by atoms with E-state index in [1.165, 1.54) is 0 Å². The quantitative estimate of drug-likeness (QED) is 0.627. The van der Waals surface area contributed by atoms with Crippen molar-refractivity contribution in [1.29, 1.82) is 0 Å². The summed E-state index contributed by atoms with van der Waals surface area (Å²) >= 11 is 0. The lowest BCUT2D eigenvalue weighted by molar-refractivity contribution is -0.145. The van der Waals surface area contributed by atoms with Gasteiger partial charge in [0.2, 0.25) is 5.91 Å². The van der Waals surface area contributed by atoms with E-state index >= 15 is 0 Å². The normalized spacial score (nSPS) is 19.5. The van der Waals surface area contributed by atoms with E-state index in [0.717, 1.165) is 24.2 Å². The minimum Gasteiger partial charge on any atom is -0.461 e.